The summed E-state index contributed by atoms with van der Waals surface area (Å²) in [6.07, 6.45) is 0.389. The van der Waals surface area contributed by atoms with E-state index in [9.17, 15) is 4.79 Å². The van der Waals surface area contributed by atoms with Gasteiger partial charge in [0.05, 0.1) is 17.9 Å². The van der Waals surface area contributed by atoms with Gasteiger partial charge in [0.25, 0.3) is 0 Å². The molecule has 3 aromatic carbocycles. The highest BCUT2D eigenvalue weighted by atomic mass is 79.9. The zero-order valence-electron chi connectivity index (χ0n) is 15.1. The quantitative estimate of drug-likeness (QED) is 0.437. The van der Waals surface area contributed by atoms with Crippen molar-refractivity contribution in [1.29, 1.82) is 0 Å². The molecule has 0 radical (unpaired) electrons. The first-order valence-electron chi connectivity index (χ1n) is 9.06. The standard InChI is InChI=1S/C23H18Br2N2O/c24-18-8-4-5-16(13-18)15-27-21-10-9-19(25)14-20(21)23(26-12-11-22(27)28)17-6-2-1-3-7-17/h1-10,13-14H,11-12,15H2. The van der Waals surface area contributed by atoms with Crippen LogP contribution in [0.25, 0.3) is 0 Å². The van der Waals surface area contributed by atoms with Gasteiger partial charge >= 0.3 is 0 Å². The van der Waals surface area contributed by atoms with Crippen LogP contribution in [-0.2, 0) is 11.3 Å². The topological polar surface area (TPSA) is 32.7 Å². The molecular formula is C23H18Br2N2O. The van der Waals surface area contributed by atoms with Crippen molar-refractivity contribution in [1.82, 2.24) is 0 Å². The maximum atomic E-state index is 13.0. The zero-order valence-corrected chi connectivity index (χ0v) is 18.3. The summed E-state index contributed by atoms with van der Waals surface area (Å²) in [5.41, 5.74) is 4.90. The molecule has 0 atom stereocenters. The summed E-state index contributed by atoms with van der Waals surface area (Å²) in [4.78, 5) is 19.6. The third-order valence-corrected chi connectivity index (χ3v) is 5.66. The Bertz CT molecular complexity index is 1050. The molecule has 1 aliphatic heterocycles. The number of carbonyl (C=O) groups is 1. The number of halogens is 2. The molecule has 1 heterocycles. The Kier molecular flexibility index (Phi) is 5.74. The summed E-state index contributed by atoms with van der Waals surface area (Å²) in [5, 5.41) is 0. The molecule has 4 rings (SSSR count). The van der Waals surface area contributed by atoms with E-state index in [1.54, 1.807) is 0 Å². The highest BCUT2D eigenvalue weighted by molar-refractivity contribution is 9.10. The lowest BCUT2D eigenvalue weighted by atomic mass is 9.98. The van der Waals surface area contributed by atoms with Gasteiger partial charge in [-0.25, -0.2) is 0 Å². The van der Waals surface area contributed by atoms with Crippen molar-refractivity contribution in [3.05, 3.63) is 98.4 Å². The minimum absolute atomic E-state index is 0.0828. The molecule has 0 saturated heterocycles. The summed E-state index contributed by atoms with van der Waals surface area (Å²) in [7, 11) is 0. The lowest BCUT2D eigenvalue weighted by molar-refractivity contribution is -0.118. The molecule has 1 amide bonds. The van der Waals surface area contributed by atoms with E-state index in [-0.39, 0.29) is 5.91 Å². The molecule has 0 spiro atoms. The lowest BCUT2D eigenvalue weighted by Crippen LogP contribution is -2.33. The number of amides is 1. The van der Waals surface area contributed by atoms with Crippen LogP contribution in [0, 0.1) is 0 Å². The lowest BCUT2D eigenvalue weighted by Gasteiger charge is -2.28. The van der Waals surface area contributed by atoms with Crippen molar-refractivity contribution in [2.75, 3.05) is 11.4 Å². The normalized spacial score (nSPS) is 14.1. The fourth-order valence-electron chi connectivity index (χ4n) is 3.39. The van der Waals surface area contributed by atoms with E-state index in [0.717, 1.165) is 37.0 Å². The van der Waals surface area contributed by atoms with Gasteiger partial charge in [-0.15, -0.1) is 0 Å². The molecule has 0 saturated carbocycles. The highest BCUT2D eigenvalue weighted by Gasteiger charge is 2.24. The van der Waals surface area contributed by atoms with Gasteiger partial charge in [0.15, 0.2) is 0 Å². The first kappa shape index (κ1) is 19.1. The Labute approximate surface area is 181 Å². The SMILES string of the molecule is O=C1CCN=C(c2ccccc2)c2cc(Br)ccc2N1Cc1cccc(Br)c1. The number of benzene rings is 3. The van der Waals surface area contributed by atoms with E-state index in [1.807, 2.05) is 59.5 Å². The molecule has 28 heavy (non-hydrogen) atoms. The molecule has 0 aliphatic carbocycles. The highest BCUT2D eigenvalue weighted by Crippen LogP contribution is 2.31. The smallest absolute Gasteiger partial charge is 0.229 e. The van der Waals surface area contributed by atoms with Crippen LogP contribution in [0.2, 0.25) is 0 Å². The van der Waals surface area contributed by atoms with Gasteiger partial charge in [0.2, 0.25) is 5.91 Å². The molecule has 3 nitrogen and oxygen atoms in total. The van der Waals surface area contributed by atoms with Crippen molar-refractivity contribution >= 4 is 49.2 Å². The molecule has 0 N–H and O–H groups in total. The Balaban J connectivity index is 1.83. The number of aliphatic imine (C=N–C) groups is 1. The van der Waals surface area contributed by atoms with Gasteiger partial charge in [0, 0.05) is 33.0 Å². The van der Waals surface area contributed by atoms with Crippen LogP contribution in [0.5, 0.6) is 0 Å². The van der Waals surface area contributed by atoms with Crippen molar-refractivity contribution in [3.8, 4) is 0 Å². The minimum Gasteiger partial charge on any atom is -0.307 e. The van der Waals surface area contributed by atoms with Crippen LogP contribution in [0.4, 0.5) is 5.69 Å². The average Bonchev–Trinajstić information content (AvgIpc) is 2.69. The van der Waals surface area contributed by atoms with Crippen LogP contribution in [0.1, 0.15) is 23.1 Å². The largest absolute Gasteiger partial charge is 0.307 e. The second-order valence-corrected chi connectivity index (χ2v) is 8.45. The van der Waals surface area contributed by atoms with Crippen LogP contribution in [0.15, 0.2) is 86.7 Å². The van der Waals surface area contributed by atoms with Gasteiger partial charge in [-0.05, 0) is 35.9 Å². The number of hydrogen-bond donors (Lipinski definition) is 0. The second-order valence-electron chi connectivity index (χ2n) is 6.62. The Hall–Kier alpha value is -2.24. The fourth-order valence-corrected chi connectivity index (χ4v) is 4.19. The van der Waals surface area contributed by atoms with Gasteiger partial charge in [0.1, 0.15) is 0 Å². The van der Waals surface area contributed by atoms with Crippen LogP contribution >= 0.6 is 31.9 Å². The van der Waals surface area contributed by atoms with Gasteiger partial charge in [-0.1, -0.05) is 74.3 Å². The molecule has 1 aliphatic rings. The molecule has 3 aromatic rings. The Morgan fingerprint density at radius 2 is 1.68 bits per heavy atom. The number of rotatable bonds is 3. The van der Waals surface area contributed by atoms with Gasteiger partial charge < -0.3 is 4.90 Å². The van der Waals surface area contributed by atoms with Gasteiger partial charge in [-0.3, -0.25) is 9.79 Å². The van der Waals surface area contributed by atoms with Crippen LogP contribution < -0.4 is 4.90 Å². The van der Waals surface area contributed by atoms with E-state index in [4.69, 9.17) is 4.99 Å². The Morgan fingerprint density at radius 1 is 0.893 bits per heavy atom. The molecular weight excluding hydrogens is 480 g/mol. The predicted molar refractivity (Wildman–Crippen MR) is 121 cm³/mol. The fraction of sp³-hybridized carbons (Fsp3) is 0.130. The summed E-state index contributed by atoms with van der Waals surface area (Å²) < 4.78 is 1.97. The van der Waals surface area contributed by atoms with E-state index < -0.39 is 0 Å². The summed E-state index contributed by atoms with van der Waals surface area (Å²) in [5.74, 6) is 0.0828. The third-order valence-electron chi connectivity index (χ3n) is 4.68. The van der Waals surface area contributed by atoms with Gasteiger partial charge in [-0.2, -0.15) is 0 Å². The maximum Gasteiger partial charge on any atom is 0.229 e. The van der Waals surface area contributed by atoms with E-state index in [1.165, 1.54) is 0 Å². The van der Waals surface area contributed by atoms with E-state index in [0.29, 0.717) is 19.5 Å². The minimum atomic E-state index is 0.0828. The number of anilines is 1. The van der Waals surface area contributed by atoms with Crippen molar-refractivity contribution in [3.63, 3.8) is 0 Å². The zero-order chi connectivity index (χ0) is 19.5. The predicted octanol–water partition coefficient (Wildman–Crippen LogP) is 5.99. The van der Waals surface area contributed by atoms with E-state index in [2.05, 4.69) is 50.1 Å². The molecule has 5 heteroatoms. The van der Waals surface area contributed by atoms with Crippen molar-refractivity contribution < 1.29 is 4.79 Å². The van der Waals surface area contributed by atoms with Crippen LogP contribution in [-0.4, -0.2) is 18.2 Å². The third kappa shape index (κ3) is 4.10. The summed E-state index contributed by atoms with van der Waals surface area (Å²) in [6.45, 7) is 0.999. The second kappa shape index (κ2) is 8.41. The molecule has 140 valence electrons. The maximum absolute atomic E-state index is 13.0. The first-order valence-corrected chi connectivity index (χ1v) is 10.6. The summed E-state index contributed by atoms with van der Waals surface area (Å²) >= 11 is 7.10. The van der Waals surface area contributed by atoms with Crippen molar-refractivity contribution in [2.24, 2.45) is 4.99 Å². The average molecular weight is 498 g/mol. The van der Waals surface area contributed by atoms with Crippen LogP contribution in [0.3, 0.4) is 0 Å². The number of nitrogens with zero attached hydrogens (tertiary/aromatic N) is 2. The number of hydrogen-bond acceptors (Lipinski definition) is 2. The monoisotopic (exact) mass is 496 g/mol. The first-order chi connectivity index (χ1) is 13.6. The molecule has 0 bridgehead atoms. The molecule has 0 unspecified atom stereocenters. The molecule has 0 aromatic heterocycles. The molecule has 0 fully saturated rings. The Morgan fingerprint density at radius 3 is 2.46 bits per heavy atom. The van der Waals surface area contributed by atoms with E-state index >= 15 is 0 Å². The number of carbonyl (C=O) groups excluding carboxylic acids is 1. The van der Waals surface area contributed by atoms with Crippen molar-refractivity contribution in [2.45, 2.75) is 13.0 Å². The number of fused-ring (bicyclic) bond motifs is 1. The summed E-state index contributed by atoms with van der Waals surface area (Å²) in [6, 6.07) is 24.2.